The highest BCUT2D eigenvalue weighted by Gasteiger charge is 2.31. The van der Waals surface area contributed by atoms with Crippen molar-refractivity contribution in [3.63, 3.8) is 0 Å². The van der Waals surface area contributed by atoms with Crippen LogP contribution in [0.4, 0.5) is 5.82 Å². The van der Waals surface area contributed by atoms with Crippen LogP contribution in [0.2, 0.25) is 11.8 Å². The van der Waals surface area contributed by atoms with Crippen LogP contribution >= 0.6 is 11.6 Å². The molecule has 0 aliphatic carbocycles. The molecule has 0 saturated carbocycles. The summed E-state index contributed by atoms with van der Waals surface area (Å²) in [6.45, 7) is 5.75. The minimum absolute atomic E-state index is 0.0865. The number of Topliss-reactive ketones (excluding diaryl/α,β-unsaturated/α-hetero) is 1. The van der Waals surface area contributed by atoms with Crippen molar-refractivity contribution in [2.75, 3.05) is 31.4 Å². The lowest BCUT2D eigenvalue weighted by atomic mass is 9.88. The molecule has 0 unspecified atom stereocenters. The average Bonchev–Trinajstić information content (AvgIpc) is 2.85. The van der Waals surface area contributed by atoms with Crippen LogP contribution in [0, 0.1) is 11.8 Å². The third kappa shape index (κ3) is 7.29. The third-order valence-electron chi connectivity index (χ3n) is 7.09. The van der Waals surface area contributed by atoms with Gasteiger partial charge in [-0.2, -0.15) is 0 Å². The number of pyridine rings is 1. The fourth-order valence-electron chi connectivity index (χ4n) is 5.09. The summed E-state index contributed by atoms with van der Waals surface area (Å²) in [6.07, 6.45) is 5.80. The average molecular weight is 497 g/mol. The number of carbonyl (C=O) groups is 2. The summed E-state index contributed by atoms with van der Waals surface area (Å²) in [5, 5.41) is 13.1. The van der Waals surface area contributed by atoms with Gasteiger partial charge in [0, 0.05) is 48.8 Å². The molecule has 0 spiro atoms. The molecule has 2 aliphatic heterocycles. The van der Waals surface area contributed by atoms with Gasteiger partial charge in [0.25, 0.3) is 0 Å². The van der Waals surface area contributed by atoms with Crippen LogP contribution in [0.1, 0.15) is 48.0 Å². The highest BCUT2D eigenvalue weighted by molar-refractivity contribution is 6.52. The van der Waals surface area contributed by atoms with Crippen LogP contribution < -0.4 is 5.23 Å². The Kier molecular flexibility index (Phi) is 8.81. The van der Waals surface area contributed by atoms with Crippen molar-refractivity contribution in [3.8, 4) is 0 Å². The number of halogens is 1. The van der Waals surface area contributed by atoms with Crippen molar-refractivity contribution >= 4 is 36.2 Å². The molecular weight excluding hydrogens is 463 g/mol. The Hall–Kier alpha value is -2.42. The fourth-order valence-corrected chi connectivity index (χ4v) is 5.22. The molecule has 0 radical (unpaired) electrons. The standard InChI is InChI=1S/C26H34BClN4O3/c1-27(35)30-25-17-20(6-11-29-25)18-31-12-9-22(10-13-31)26(34)32-14-7-19(8-15-32)16-24(33)21-2-4-23(28)5-3-21/h2-6,11,17,19,22,35H,7-10,12-16,18H2,1H3,(H,29,30). The quantitative estimate of drug-likeness (QED) is 0.425. The van der Waals surface area contributed by atoms with E-state index in [1.807, 2.05) is 17.0 Å². The number of rotatable bonds is 8. The molecule has 7 nitrogen and oxygen atoms in total. The zero-order valence-corrected chi connectivity index (χ0v) is 21.1. The molecule has 2 N–H and O–H groups in total. The number of amides is 1. The zero-order chi connectivity index (χ0) is 24.8. The normalized spacial score (nSPS) is 17.9. The third-order valence-corrected chi connectivity index (χ3v) is 7.34. The molecule has 1 aromatic heterocycles. The highest BCUT2D eigenvalue weighted by atomic mass is 35.5. The second-order valence-electron chi connectivity index (χ2n) is 9.82. The van der Waals surface area contributed by atoms with Gasteiger partial charge in [-0.25, -0.2) is 4.98 Å². The number of benzene rings is 1. The largest absolute Gasteiger partial charge is 0.433 e. The minimum Gasteiger partial charge on any atom is -0.433 e. The number of aromatic nitrogens is 1. The van der Waals surface area contributed by atoms with Gasteiger partial charge >= 0.3 is 7.05 Å². The van der Waals surface area contributed by atoms with Gasteiger partial charge in [-0.15, -0.1) is 0 Å². The smallest absolute Gasteiger partial charge is 0.408 e. The predicted octanol–water partition coefficient (Wildman–Crippen LogP) is 3.98. The van der Waals surface area contributed by atoms with Gasteiger partial charge in [0.15, 0.2) is 5.78 Å². The van der Waals surface area contributed by atoms with E-state index in [0.29, 0.717) is 28.7 Å². The molecule has 3 heterocycles. The van der Waals surface area contributed by atoms with Crippen LogP contribution in [-0.4, -0.2) is 64.7 Å². The van der Waals surface area contributed by atoms with Crippen LogP contribution in [0.5, 0.6) is 0 Å². The van der Waals surface area contributed by atoms with Gasteiger partial charge in [0.1, 0.15) is 5.82 Å². The van der Waals surface area contributed by atoms with Gasteiger partial charge in [-0.1, -0.05) is 11.6 Å². The summed E-state index contributed by atoms with van der Waals surface area (Å²) < 4.78 is 0. The Morgan fingerprint density at radius 2 is 1.77 bits per heavy atom. The summed E-state index contributed by atoms with van der Waals surface area (Å²) >= 11 is 5.92. The van der Waals surface area contributed by atoms with E-state index in [0.717, 1.165) is 64.0 Å². The number of nitrogens with zero attached hydrogens (tertiary/aromatic N) is 3. The second-order valence-corrected chi connectivity index (χ2v) is 10.3. The molecule has 9 heteroatoms. The van der Waals surface area contributed by atoms with Crippen molar-refractivity contribution in [3.05, 3.63) is 58.7 Å². The number of hydrogen-bond acceptors (Lipinski definition) is 6. The van der Waals surface area contributed by atoms with E-state index in [-0.39, 0.29) is 17.6 Å². The first kappa shape index (κ1) is 25.7. The molecule has 2 aliphatic rings. The summed E-state index contributed by atoms with van der Waals surface area (Å²) in [5.41, 5.74) is 1.85. The van der Waals surface area contributed by atoms with E-state index < -0.39 is 7.05 Å². The molecule has 0 atom stereocenters. The summed E-state index contributed by atoms with van der Waals surface area (Å²) in [6, 6.07) is 11.0. The van der Waals surface area contributed by atoms with Gasteiger partial charge in [0.05, 0.1) is 0 Å². The molecule has 186 valence electrons. The number of hydrogen-bond donors (Lipinski definition) is 2. The van der Waals surface area contributed by atoms with Crippen molar-refractivity contribution in [2.24, 2.45) is 11.8 Å². The molecule has 4 rings (SSSR count). The van der Waals surface area contributed by atoms with Crippen molar-refractivity contribution in [1.29, 1.82) is 0 Å². The Morgan fingerprint density at radius 3 is 2.43 bits per heavy atom. The molecule has 0 bridgehead atoms. The summed E-state index contributed by atoms with van der Waals surface area (Å²) in [7, 11) is -0.645. The first-order chi connectivity index (χ1) is 16.9. The summed E-state index contributed by atoms with van der Waals surface area (Å²) in [4.78, 5) is 34.3. The number of piperidine rings is 2. The zero-order valence-electron chi connectivity index (χ0n) is 20.3. The molecule has 2 saturated heterocycles. The summed E-state index contributed by atoms with van der Waals surface area (Å²) in [5.74, 6) is 1.52. The van der Waals surface area contributed by atoms with Crippen LogP contribution in [-0.2, 0) is 11.3 Å². The van der Waals surface area contributed by atoms with Crippen molar-refractivity contribution in [1.82, 2.24) is 14.8 Å². The number of nitrogens with one attached hydrogen (secondary N) is 1. The molecule has 2 aromatic rings. The predicted molar refractivity (Wildman–Crippen MR) is 139 cm³/mol. The van der Waals surface area contributed by atoms with E-state index in [1.54, 1.807) is 37.3 Å². The lowest BCUT2D eigenvalue weighted by molar-refractivity contribution is -0.138. The maximum Gasteiger partial charge on any atom is 0.408 e. The first-order valence-electron chi connectivity index (χ1n) is 12.6. The number of carbonyl (C=O) groups excluding carboxylic acids is 2. The van der Waals surface area contributed by atoms with Crippen LogP contribution in [0.15, 0.2) is 42.6 Å². The van der Waals surface area contributed by atoms with Gasteiger partial charge in [-0.05, 0) is 93.5 Å². The lowest BCUT2D eigenvalue weighted by Crippen LogP contribution is -2.45. The van der Waals surface area contributed by atoms with E-state index in [4.69, 9.17) is 11.6 Å². The van der Waals surface area contributed by atoms with E-state index in [1.165, 1.54) is 0 Å². The number of ketones is 1. The molecule has 1 aromatic carbocycles. The molecule has 35 heavy (non-hydrogen) atoms. The maximum absolute atomic E-state index is 13.1. The topological polar surface area (TPSA) is 85.8 Å². The van der Waals surface area contributed by atoms with Gasteiger partial charge in [-0.3, -0.25) is 14.5 Å². The van der Waals surface area contributed by atoms with Crippen LogP contribution in [0.25, 0.3) is 0 Å². The highest BCUT2D eigenvalue weighted by Crippen LogP contribution is 2.27. The fraction of sp³-hybridized carbons (Fsp3) is 0.500. The first-order valence-corrected chi connectivity index (χ1v) is 12.9. The Labute approximate surface area is 213 Å². The Bertz CT molecular complexity index is 1000. The Balaban J connectivity index is 1.19. The second kappa shape index (κ2) is 12.0. The van der Waals surface area contributed by atoms with Crippen molar-refractivity contribution in [2.45, 2.75) is 45.5 Å². The van der Waals surface area contributed by atoms with E-state index in [2.05, 4.69) is 15.1 Å². The number of likely N-dealkylation sites (tertiary alicyclic amines) is 2. The molecule has 1 amide bonds. The maximum atomic E-state index is 13.1. The minimum atomic E-state index is -0.645. The number of anilines is 1. The molecule has 2 fully saturated rings. The van der Waals surface area contributed by atoms with Gasteiger partial charge < -0.3 is 15.2 Å². The van der Waals surface area contributed by atoms with E-state index in [9.17, 15) is 14.6 Å². The Morgan fingerprint density at radius 1 is 1.09 bits per heavy atom. The van der Waals surface area contributed by atoms with Crippen molar-refractivity contribution < 1.29 is 14.6 Å². The molecular formula is C26H34BClN4O3. The van der Waals surface area contributed by atoms with Gasteiger partial charge in [0.2, 0.25) is 5.91 Å². The van der Waals surface area contributed by atoms with E-state index >= 15 is 0 Å². The SMILES string of the molecule is CB(O)Nc1cc(CN2CCC(C(=O)N3CCC(CC(=O)c4ccc(Cl)cc4)CC3)CC2)ccn1. The van der Waals surface area contributed by atoms with Crippen LogP contribution in [0.3, 0.4) is 0 Å². The lowest BCUT2D eigenvalue weighted by Gasteiger charge is -2.37. The monoisotopic (exact) mass is 496 g/mol.